The van der Waals surface area contributed by atoms with E-state index in [1.54, 1.807) is 17.5 Å². The Bertz CT molecular complexity index is 551. The van der Waals surface area contributed by atoms with Gasteiger partial charge in [-0.3, -0.25) is 0 Å². The normalized spacial score (nSPS) is 19.2. The molecule has 1 aliphatic rings. The summed E-state index contributed by atoms with van der Waals surface area (Å²) in [5.74, 6) is 1.14. The highest BCUT2D eigenvalue weighted by Crippen LogP contribution is 2.22. The first-order valence-corrected chi connectivity index (χ1v) is 8.41. The van der Waals surface area contributed by atoms with Gasteiger partial charge in [-0.1, -0.05) is 12.1 Å². The molecule has 1 unspecified atom stereocenters. The standard InChI is InChI=1S/C14H22N2O3S.ClH/c1-15-9-13-6-7-16(10-13)20(17,18)11-12-4-3-5-14(8-12)19-2;/h3-5,8,13,15H,6-7,9-11H2,1-2H3;1H. The first-order valence-electron chi connectivity index (χ1n) is 6.80. The second kappa shape index (κ2) is 7.98. The van der Waals surface area contributed by atoms with Crippen molar-refractivity contribution in [3.05, 3.63) is 29.8 Å². The van der Waals surface area contributed by atoms with Crippen LogP contribution in [0.3, 0.4) is 0 Å². The quantitative estimate of drug-likeness (QED) is 0.856. The van der Waals surface area contributed by atoms with Crippen LogP contribution in [-0.2, 0) is 15.8 Å². The Morgan fingerprint density at radius 2 is 2.19 bits per heavy atom. The SMILES string of the molecule is CNCC1CCN(S(=O)(=O)Cc2cccc(OC)c2)C1.Cl. The van der Waals surface area contributed by atoms with E-state index in [-0.39, 0.29) is 18.2 Å². The summed E-state index contributed by atoms with van der Waals surface area (Å²) in [5.41, 5.74) is 0.765. The number of hydrogen-bond acceptors (Lipinski definition) is 4. The zero-order chi connectivity index (χ0) is 14.6. The fourth-order valence-electron chi connectivity index (χ4n) is 2.57. The van der Waals surface area contributed by atoms with E-state index in [0.717, 1.165) is 18.5 Å². The second-order valence-electron chi connectivity index (χ2n) is 5.18. The van der Waals surface area contributed by atoms with E-state index in [1.807, 2.05) is 25.2 Å². The Hall–Kier alpha value is -0.820. The van der Waals surface area contributed by atoms with Crippen molar-refractivity contribution in [1.29, 1.82) is 0 Å². The fraction of sp³-hybridized carbons (Fsp3) is 0.571. The van der Waals surface area contributed by atoms with Crippen LogP contribution >= 0.6 is 12.4 Å². The number of sulfonamides is 1. The van der Waals surface area contributed by atoms with Crippen molar-refractivity contribution in [2.24, 2.45) is 5.92 Å². The van der Waals surface area contributed by atoms with Gasteiger partial charge in [0.2, 0.25) is 10.0 Å². The van der Waals surface area contributed by atoms with E-state index in [0.29, 0.717) is 24.8 Å². The molecule has 1 fully saturated rings. The fourth-order valence-corrected chi connectivity index (χ4v) is 4.17. The molecule has 0 aromatic heterocycles. The lowest BCUT2D eigenvalue weighted by atomic mass is 10.1. The Kier molecular flexibility index (Phi) is 6.93. The summed E-state index contributed by atoms with van der Waals surface area (Å²) in [7, 11) is 0.237. The molecule has 1 saturated heterocycles. The van der Waals surface area contributed by atoms with Crippen LogP contribution in [0, 0.1) is 5.92 Å². The van der Waals surface area contributed by atoms with E-state index < -0.39 is 10.0 Å². The van der Waals surface area contributed by atoms with Gasteiger partial charge < -0.3 is 10.1 Å². The van der Waals surface area contributed by atoms with Crippen LogP contribution in [-0.4, -0.2) is 46.5 Å². The van der Waals surface area contributed by atoms with Crippen LogP contribution in [0.4, 0.5) is 0 Å². The van der Waals surface area contributed by atoms with E-state index >= 15 is 0 Å². The third-order valence-electron chi connectivity index (χ3n) is 3.62. The van der Waals surface area contributed by atoms with Crippen LogP contribution in [0.25, 0.3) is 0 Å². The molecule has 1 N–H and O–H groups in total. The molecular weight excluding hydrogens is 312 g/mol. The summed E-state index contributed by atoms with van der Waals surface area (Å²) < 4.78 is 31.6. The van der Waals surface area contributed by atoms with Crippen molar-refractivity contribution in [3.8, 4) is 5.75 Å². The zero-order valence-corrected chi connectivity index (χ0v) is 14.0. The van der Waals surface area contributed by atoms with Crippen LogP contribution in [0.2, 0.25) is 0 Å². The van der Waals surface area contributed by atoms with Gasteiger partial charge in [-0.25, -0.2) is 12.7 Å². The number of halogens is 1. The van der Waals surface area contributed by atoms with Crippen molar-refractivity contribution in [2.45, 2.75) is 12.2 Å². The molecule has 1 heterocycles. The van der Waals surface area contributed by atoms with Gasteiger partial charge in [-0.05, 0) is 43.6 Å². The van der Waals surface area contributed by atoms with Gasteiger partial charge in [0, 0.05) is 13.1 Å². The van der Waals surface area contributed by atoms with E-state index in [9.17, 15) is 8.42 Å². The lowest BCUT2D eigenvalue weighted by Gasteiger charge is -2.17. The van der Waals surface area contributed by atoms with Crippen molar-refractivity contribution in [2.75, 3.05) is 33.8 Å². The summed E-state index contributed by atoms with van der Waals surface area (Å²) in [6.07, 6.45) is 0.929. The third-order valence-corrected chi connectivity index (χ3v) is 5.43. The van der Waals surface area contributed by atoms with Crippen molar-refractivity contribution in [3.63, 3.8) is 0 Å². The maximum Gasteiger partial charge on any atom is 0.218 e. The highest BCUT2D eigenvalue weighted by Gasteiger charge is 2.30. The lowest BCUT2D eigenvalue weighted by Crippen LogP contribution is -2.31. The number of benzene rings is 1. The average Bonchev–Trinajstić information content (AvgIpc) is 2.88. The monoisotopic (exact) mass is 334 g/mol. The van der Waals surface area contributed by atoms with Gasteiger partial charge in [0.1, 0.15) is 5.75 Å². The summed E-state index contributed by atoms with van der Waals surface area (Å²) in [5, 5.41) is 3.11. The number of nitrogens with zero attached hydrogens (tertiary/aromatic N) is 1. The molecule has 1 aliphatic heterocycles. The predicted octanol–water partition coefficient (Wildman–Crippen LogP) is 1.49. The van der Waals surface area contributed by atoms with Gasteiger partial charge >= 0.3 is 0 Å². The first-order chi connectivity index (χ1) is 9.55. The maximum atomic E-state index is 12.4. The molecule has 7 heteroatoms. The van der Waals surface area contributed by atoms with Crippen molar-refractivity contribution >= 4 is 22.4 Å². The Morgan fingerprint density at radius 3 is 2.86 bits per heavy atom. The van der Waals surface area contributed by atoms with Gasteiger partial charge in [0.25, 0.3) is 0 Å². The molecule has 1 aromatic carbocycles. The van der Waals surface area contributed by atoms with Gasteiger partial charge in [-0.2, -0.15) is 0 Å². The summed E-state index contributed by atoms with van der Waals surface area (Å²) >= 11 is 0. The molecule has 120 valence electrons. The third kappa shape index (κ3) is 4.85. The molecule has 0 radical (unpaired) electrons. The molecule has 0 amide bonds. The first kappa shape index (κ1) is 18.2. The van der Waals surface area contributed by atoms with Crippen LogP contribution < -0.4 is 10.1 Å². The van der Waals surface area contributed by atoms with Crippen LogP contribution in [0.5, 0.6) is 5.75 Å². The Labute approximate surface area is 133 Å². The maximum absolute atomic E-state index is 12.4. The second-order valence-corrected chi connectivity index (χ2v) is 7.15. The minimum Gasteiger partial charge on any atom is -0.497 e. The van der Waals surface area contributed by atoms with Crippen molar-refractivity contribution < 1.29 is 13.2 Å². The minimum absolute atomic E-state index is 0. The minimum atomic E-state index is -3.24. The van der Waals surface area contributed by atoms with Gasteiger partial charge in [0.15, 0.2) is 0 Å². The number of hydrogen-bond donors (Lipinski definition) is 1. The van der Waals surface area contributed by atoms with E-state index in [2.05, 4.69) is 5.32 Å². The Morgan fingerprint density at radius 1 is 1.43 bits per heavy atom. The molecule has 0 spiro atoms. The topological polar surface area (TPSA) is 58.6 Å². The zero-order valence-electron chi connectivity index (χ0n) is 12.4. The predicted molar refractivity (Wildman–Crippen MR) is 86.5 cm³/mol. The van der Waals surface area contributed by atoms with E-state index in [1.165, 1.54) is 0 Å². The Balaban J connectivity index is 0.00000220. The highest BCUT2D eigenvalue weighted by molar-refractivity contribution is 7.88. The lowest BCUT2D eigenvalue weighted by molar-refractivity contribution is 0.414. The largest absolute Gasteiger partial charge is 0.497 e. The summed E-state index contributed by atoms with van der Waals surface area (Å²) in [6.45, 7) is 2.11. The number of nitrogens with one attached hydrogen (secondary N) is 1. The average molecular weight is 335 g/mol. The smallest absolute Gasteiger partial charge is 0.218 e. The number of rotatable bonds is 6. The molecule has 0 saturated carbocycles. The van der Waals surface area contributed by atoms with Gasteiger partial charge in [-0.15, -0.1) is 12.4 Å². The summed E-state index contributed by atoms with van der Waals surface area (Å²) in [4.78, 5) is 0. The molecule has 0 bridgehead atoms. The summed E-state index contributed by atoms with van der Waals surface area (Å²) in [6, 6.07) is 7.23. The molecule has 1 atom stereocenters. The van der Waals surface area contributed by atoms with Crippen LogP contribution in [0.15, 0.2) is 24.3 Å². The molecule has 1 aromatic rings. The number of methoxy groups -OCH3 is 1. The molecule has 2 rings (SSSR count). The molecule has 21 heavy (non-hydrogen) atoms. The molecular formula is C14H23ClN2O3S. The molecule has 5 nitrogen and oxygen atoms in total. The molecule has 0 aliphatic carbocycles. The van der Waals surface area contributed by atoms with Gasteiger partial charge in [0.05, 0.1) is 12.9 Å². The highest BCUT2D eigenvalue weighted by atomic mass is 35.5. The number of ether oxygens (including phenoxy) is 1. The van der Waals surface area contributed by atoms with E-state index in [4.69, 9.17) is 4.74 Å². The van der Waals surface area contributed by atoms with Crippen LogP contribution in [0.1, 0.15) is 12.0 Å². The van der Waals surface area contributed by atoms with Crippen molar-refractivity contribution in [1.82, 2.24) is 9.62 Å².